The van der Waals surface area contributed by atoms with Crippen molar-refractivity contribution in [2.45, 2.75) is 4.90 Å². The molecule has 0 aliphatic carbocycles. The molecule has 0 fully saturated rings. The maximum absolute atomic E-state index is 13.1. The standard InChI is InChI=1S/C22H19N5O3S/c1-23-31(29,30)19-11-9-17(10-12-19)25-22(28)20-15-27(18-7-3-2-4-8-18)26-21(20)16-6-5-13-24-14-16/h2-15,23H,1H3,(H,25,28). The number of para-hydroxylation sites is 1. The number of aromatic nitrogens is 3. The zero-order valence-corrected chi connectivity index (χ0v) is 17.4. The number of hydrogen-bond donors (Lipinski definition) is 2. The summed E-state index contributed by atoms with van der Waals surface area (Å²) in [6.45, 7) is 0. The van der Waals surface area contributed by atoms with Crippen molar-refractivity contribution in [1.29, 1.82) is 0 Å². The molecule has 1 amide bonds. The fraction of sp³-hybridized carbons (Fsp3) is 0.0455. The van der Waals surface area contributed by atoms with Gasteiger partial charge >= 0.3 is 0 Å². The third-order valence-corrected chi connectivity index (χ3v) is 6.04. The minimum absolute atomic E-state index is 0.112. The first-order chi connectivity index (χ1) is 15.0. The van der Waals surface area contributed by atoms with Crippen LogP contribution in [-0.2, 0) is 10.0 Å². The summed E-state index contributed by atoms with van der Waals surface area (Å²) in [5.74, 6) is -0.370. The molecular weight excluding hydrogens is 414 g/mol. The molecule has 0 saturated carbocycles. The third-order valence-electron chi connectivity index (χ3n) is 4.61. The molecule has 2 N–H and O–H groups in total. The first-order valence-corrected chi connectivity index (χ1v) is 10.9. The Morgan fingerprint density at radius 2 is 1.71 bits per heavy atom. The molecule has 0 bridgehead atoms. The van der Waals surface area contributed by atoms with E-state index in [0.29, 0.717) is 22.5 Å². The van der Waals surface area contributed by atoms with Gasteiger partial charge in [-0.05, 0) is 55.6 Å². The van der Waals surface area contributed by atoms with Crippen LogP contribution in [0.25, 0.3) is 16.9 Å². The number of pyridine rings is 1. The van der Waals surface area contributed by atoms with Gasteiger partial charge in [-0.3, -0.25) is 9.78 Å². The molecule has 2 aromatic carbocycles. The lowest BCUT2D eigenvalue weighted by Crippen LogP contribution is -2.18. The van der Waals surface area contributed by atoms with Crippen LogP contribution in [0.4, 0.5) is 5.69 Å². The van der Waals surface area contributed by atoms with Crippen molar-refractivity contribution in [2.24, 2.45) is 0 Å². The Morgan fingerprint density at radius 3 is 2.35 bits per heavy atom. The Morgan fingerprint density at radius 1 is 0.968 bits per heavy atom. The van der Waals surface area contributed by atoms with Gasteiger partial charge in [-0.25, -0.2) is 17.8 Å². The van der Waals surface area contributed by atoms with Gasteiger partial charge in [0.25, 0.3) is 5.91 Å². The van der Waals surface area contributed by atoms with Gasteiger partial charge in [-0.1, -0.05) is 18.2 Å². The lowest BCUT2D eigenvalue weighted by molar-refractivity contribution is 0.102. The Bertz CT molecular complexity index is 1300. The highest BCUT2D eigenvalue weighted by molar-refractivity contribution is 7.89. The van der Waals surface area contributed by atoms with E-state index in [1.807, 2.05) is 36.4 Å². The number of sulfonamides is 1. The van der Waals surface area contributed by atoms with Crippen LogP contribution in [0.2, 0.25) is 0 Å². The van der Waals surface area contributed by atoms with Crippen molar-refractivity contribution in [3.8, 4) is 16.9 Å². The molecule has 0 aliphatic heterocycles. The van der Waals surface area contributed by atoms with Gasteiger partial charge in [0.1, 0.15) is 5.69 Å². The van der Waals surface area contributed by atoms with Gasteiger partial charge in [0.2, 0.25) is 10.0 Å². The van der Waals surface area contributed by atoms with Crippen molar-refractivity contribution in [3.05, 3.63) is 90.9 Å². The topological polar surface area (TPSA) is 106 Å². The molecule has 4 rings (SSSR count). The van der Waals surface area contributed by atoms with E-state index in [-0.39, 0.29) is 10.8 Å². The second-order valence-corrected chi connectivity index (χ2v) is 8.49. The average Bonchev–Trinajstić information content (AvgIpc) is 3.26. The summed E-state index contributed by atoms with van der Waals surface area (Å²) in [5, 5.41) is 7.40. The number of carbonyl (C=O) groups is 1. The maximum Gasteiger partial charge on any atom is 0.259 e. The van der Waals surface area contributed by atoms with Crippen LogP contribution >= 0.6 is 0 Å². The lowest BCUT2D eigenvalue weighted by Gasteiger charge is -2.07. The normalized spacial score (nSPS) is 11.3. The Labute approximate surface area is 179 Å². The molecule has 0 unspecified atom stereocenters. The Kier molecular flexibility index (Phi) is 5.61. The SMILES string of the molecule is CNS(=O)(=O)c1ccc(NC(=O)c2cn(-c3ccccc3)nc2-c2cccnc2)cc1. The summed E-state index contributed by atoms with van der Waals surface area (Å²) in [6, 6.07) is 19.0. The van der Waals surface area contributed by atoms with Crippen molar-refractivity contribution >= 4 is 21.6 Å². The third kappa shape index (κ3) is 4.37. The molecule has 0 atom stereocenters. The van der Waals surface area contributed by atoms with E-state index in [4.69, 9.17) is 0 Å². The highest BCUT2D eigenvalue weighted by Crippen LogP contribution is 2.24. The predicted octanol–water partition coefficient (Wildman–Crippen LogP) is 3.09. The lowest BCUT2D eigenvalue weighted by atomic mass is 10.1. The van der Waals surface area contributed by atoms with Crippen molar-refractivity contribution in [1.82, 2.24) is 19.5 Å². The van der Waals surface area contributed by atoms with Gasteiger partial charge in [-0.2, -0.15) is 5.10 Å². The summed E-state index contributed by atoms with van der Waals surface area (Å²) in [6.07, 6.45) is 4.96. The van der Waals surface area contributed by atoms with E-state index in [1.54, 1.807) is 29.3 Å². The monoisotopic (exact) mass is 433 g/mol. The molecule has 0 radical (unpaired) electrons. The number of hydrogen-bond acceptors (Lipinski definition) is 5. The largest absolute Gasteiger partial charge is 0.322 e. The van der Waals surface area contributed by atoms with Gasteiger partial charge in [0.15, 0.2) is 0 Å². The number of benzene rings is 2. The zero-order valence-electron chi connectivity index (χ0n) is 16.6. The molecule has 0 saturated heterocycles. The van der Waals surface area contributed by atoms with E-state index in [0.717, 1.165) is 5.69 Å². The number of nitrogens with zero attached hydrogens (tertiary/aromatic N) is 3. The van der Waals surface area contributed by atoms with Gasteiger partial charge < -0.3 is 5.32 Å². The molecule has 4 aromatic rings. The first kappa shape index (κ1) is 20.5. The summed E-state index contributed by atoms with van der Waals surface area (Å²) >= 11 is 0. The van der Waals surface area contributed by atoms with Crippen LogP contribution in [0, 0.1) is 0 Å². The number of anilines is 1. The van der Waals surface area contributed by atoms with E-state index in [1.165, 1.54) is 31.3 Å². The van der Waals surface area contributed by atoms with Crippen molar-refractivity contribution in [2.75, 3.05) is 12.4 Å². The van der Waals surface area contributed by atoms with Gasteiger partial charge in [0, 0.05) is 29.8 Å². The fourth-order valence-electron chi connectivity index (χ4n) is 3.00. The molecule has 0 spiro atoms. The van der Waals surface area contributed by atoms with Crippen molar-refractivity contribution in [3.63, 3.8) is 0 Å². The van der Waals surface area contributed by atoms with Gasteiger partial charge in [-0.15, -0.1) is 0 Å². The minimum atomic E-state index is -3.55. The van der Waals surface area contributed by atoms with E-state index >= 15 is 0 Å². The quantitative estimate of drug-likeness (QED) is 0.486. The molecule has 0 aliphatic rings. The van der Waals surface area contributed by atoms with Crippen LogP contribution in [0.3, 0.4) is 0 Å². The Balaban J connectivity index is 1.68. The average molecular weight is 433 g/mol. The molecule has 156 valence electrons. The maximum atomic E-state index is 13.1. The van der Waals surface area contributed by atoms with E-state index in [9.17, 15) is 13.2 Å². The number of rotatable bonds is 6. The molecule has 2 heterocycles. The molecule has 9 heteroatoms. The number of nitrogens with one attached hydrogen (secondary N) is 2. The molecule has 2 aromatic heterocycles. The van der Waals surface area contributed by atoms with Crippen LogP contribution in [0.15, 0.2) is 90.2 Å². The van der Waals surface area contributed by atoms with Crippen LogP contribution in [0.5, 0.6) is 0 Å². The van der Waals surface area contributed by atoms with E-state index in [2.05, 4.69) is 20.1 Å². The van der Waals surface area contributed by atoms with Crippen molar-refractivity contribution < 1.29 is 13.2 Å². The summed E-state index contributed by atoms with van der Waals surface area (Å²) in [7, 11) is -2.21. The van der Waals surface area contributed by atoms with Crippen LogP contribution < -0.4 is 10.0 Å². The summed E-state index contributed by atoms with van der Waals surface area (Å²) in [4.78, 5) is 17.3. The smallest absolute Gasteiger partial charge is 0.259 e. The minimum Gasteiger partial charge on any atom is -0.322 e. The van der Waals surface area contributed by atoms with E-state index < -0.39 is 10.0 Å². The summed E-state index contributed by atoms with van der Waals surface area (Å²) < 4.78 is 27.7. The zero-order chi connectivity index (χ0) is 21.8. The second kappa shape index (κ2) is 8.50. The molecular formula is C22H19N5O3S. The van der Waals surface area contributed by atoms with Crippen LogP contribution in [-0.4, -0.2) is 36.1 Å². The number of amides is 1. The second-order valence-electron chi connectivity index (χ2n) is 6.60. The molecule has 31 heavy (non-hydrogen) atoms. The highest BCUT2D eigenvalue weighted by atomic mass is 32.2. The number of carbonyl (C=O) groups excluding carboxylic acids is 1. The van der Waals surface area contributed by atoms with Gasteiger partial charge in [0.05, 0.1) is 16.1 Å². The van der Waals surface area contributed by atoms with Crippen LogP contribution in [0.1, 0.15) is 10.4 Å². The Hall–Kier alpha value is -3.82. The summed E-state index contributed by atoms with van der Waals surface area (Å²) in [5.41, 5.74) is 2.84. The highest BCUT2D eigenvalue weighted by Gasteiger charge is 2.19. The first-order valence-electron chi connectivity index (χ1n) is 9.38. The fourth-order valence-corrected chi connectivity index (χ4v) is 3.73. The predicted molar refractivity (Wildman–Crippen MR) is 117 cm³/mol. The molecule has 8 nitrogen and oxygen atoms in total.